The first-order valence-electron chi connectivity index (χ1n) is 16.5. The van der Waals surface area contributed by atoms with E-state index >= 15 is 0 Å². The van der Waals surface area contributed by atoms with Crippen molar-refractivity contribution in [1.82, 2.24) is 10.2 Å². The van der Waals surface area contributed by atoms with Crippen molar-refractivity contribution < 1.29 is 33.6 Å². The van der Waals surface area contributed by atoms with E-state index in [-0.39, 0.29) is 33.9 Å². The van der Waals surface area contributed by atoms with Crippen LogP contribution in [0.4, 0.5) is 0 Å². The van der Waals surface area contributed by atoms with Gasteiger partial charge >= 0.3 is 11.9 Å². The Bertz CT molecular complexity index is 1810. The quantitative estimate of drug-likeness (QED) is 0.0848. The van der Waals surface area contributed by atoms with Crippen molar-refractivity contribution in [3.05, 3.63) is 114 Å². The standard InChI is InChI=1S/C37H39Cl2N3O7S/c1-47-32-9-8-24(14-33(32)48-2)27(16-29-30(38)19-42(46)20-31(29)39)28-15-26(50-35(28)36(43)44)17-40-34(23-6-4-3-5-7-23)37(45)49-21-25-18-41-12-10-22(25)11-13-41/h3-9,14-15,19-20,22,25,27,34,40H,10-13,16-18,21H2,1-2H3,(H,43,44)/t25-,27+,34?/m1/s1. The van der Waals surface area contributed by atoms with Crippen LogP contribution in [0.1, 0.15) is 61.6 Å². The highest BCUT2D eigenvalue weighted by Gasteiger charge is 2.35. The normalized spacial score (nSPS) is 19.5. The van der Waals surface area contributed by atoms with Gasteiger partial charge in [0, 0.05) is 35.4 Å². The maximum atomic E-state index is 13.6. The van der Waals surface area contributed by atoms with Crippen LogP contribution in [0.5, 0.6) is 11.5 Å². The first kappa shape index (κ1) is 35.9. The van der Waals surface area contributed by atoms with Crippen LogP contribution >= 0.6 is 34.5 Å². The third-order valence-electron chi connectivity index (χ3n) is 9.74. The number of hydrogen-bond acceptors (Lipinski definition) is 9. The number of halogens is 2. The Morgan fingerprint density at radius 3 is 2.34 bits per heavy atom. The second kappa shape index (κ2) is 16.0. The first-order chi connectivity index (χ1) is 24.1. The fourth-order valence-corrected chi connectivity index (χ4v) is 8.72. The number of benzene rings is 2. The molecule has 2 aromatic carbocycles. The highest BCUT2D eigenvalue weighted by atomic mass is 35.5. The van der Waals surface area contributed by atoms with Gasteiger partial charge in [0.1, 0.15) is 21.0 Å². The van der Waals surface area contributed by atoms with Crippen LogP contribution in [-0.4, -0.2) is 62.4 Å². The Kier molecular flexibility index (Phi) is 11.5. The van der Waals surface area contributed by atoms with Gasteiger partial charge in [0.05, 0.1) is 20.8 Å². The van der Waals surface area contributed by atoms with Gasteiger partial charge in [0.2, 0.25) is 0 Å². The van der Waals surface area contributed by atoms with Gasteiger partial charge in [-0.05, 0) is 73.2 Å². The van der Waals surface area contributed by atoms with Crippen LogP contribution in [0.15, 0.2) is 67.0 Å². The molecule has 264 valence electrons. The molecule has 1 unspecified atom stereocenters. The molecule has 4 aromatic rings. The lowest BCUT2D eigenvalue weighted by atomic mass is 9.79. The summed E-state index contributed by atoms with van der Waals surface area (Å²) in [6, 6.07) is 15.9. The number of nitrogens with zero attached hydrogens (tertiary/aromatic N) is 2. The molecule has 2 aromatic heterocycles. The Labute approximate surface area is 305 Å². The van der Waals surface area contributed by atoms with Gasteiger partial charge in [-0.3, -0.25) is 5.32 Å². The predicted molar refractivity (Wildman–Crippen MR) is 191 cm³/mol. The first-order valence-corrected chi connectivity index (χ1v) is 18.0. The maximum absolute atomic E-state index is 13.6. The second-order valence-electron chi connectivity index (χ2n) is 12.7. The molecule has 50 heavy (non-hydrogen) atoms. The number of hydrogen-bond donors (Lipinski definition) is 2. The summed E-state index contributed by atoms with van der Waals surface area (Å²) in [5.41, 5.74) is 2.51. The molecule has 0 spiro atoms. The van der Waals surface area contributed by atoms with Crippen LogP contribution in [0.2, 0.25) is 10.0 Å². The number of aromatic carboxylic acids is 1. The number of fused-ring (bicyclic) bond motifs is 3. The molecule has 3 saturated heterocycles. The number of carbonyl (C=O) groups excluding carboxylic acids is 1. The van der Waals surface area contributed by atoms with E-state index in [9.17, 15) is 19.9 Å². The number of carbonyl (C=O) groups is 2. The summed E-state index contributed by atoms with van der Waals surface area (Å²) in [5.74, 6) is -0.130. The number of rotatable bonds is 14. The number of nitrogens with one attached hydrogen (secondary N) is 1. The van der Waals surface area contributed by atoms with Gasteiger partial charge in [-0.15, -0.1) is 11.3 Å². The molecule has 0 radical (unpaired) electrons. The average molecular weight is 741 g/mol. The van der Waals surface area contributed by atoms with Crippen molar-refractivity contribution in [3.63, 3.8) is 0 Å². The molecule has 5 heterocycles. The highest BCUT2D eigenvalue weighted by Crippen LogP contribution is 2.41. The number of ether oxygens (including phenoxy) is 3. The second-order valence-corrected chi connectivity index (χ2v) is 14.7. The van der Waals surface area contributed by atoms with Gasteiger partial charge in [0.15, 0.2) is 23.9 Å². The fourth-order valence-electron chi connectivity index (χ4n) is 7.11. The molecule has 2 N–H and O–H groups in total. The van der Waals surface area contributed by atoms with Crippen molar-refractivity contribution in [3.8, 4) is 11.5 Å². The van der Waals surface area contributed by atoms with Crippen molar-refractivity contribution in [1.29, 1.82) is 0 Å². The molecule has 13 heteroatoms. The molecular weight excluding hydrogens is 701 g/mol. The van der Waals surface area contributed by atoms with Gasteiger partial charge in [-0.2, -0.15) is 4.73 Å². The molecule has 10 nitrogen and oxygen atoms in total. The summed E-state index contributed by atoms with van der Waals surface area (Å²) in [6.45, 7) is 3.77. The Balaban J connectivity index is 1.29. The van der Waals surface area contributed by atoms with E-state index < -0.39 is 17.9 Å². The molecule has 3 fully saturated rings. The van der Waals surface area contributed by atoms with Crippen molar-refractivity contribution in [2.24, 2.45) is 11.8 Å². The van der Waals surface area contributed by atoms with E-state index in [4.69, 9.17) is 37.4 Å². The van der Waals surface area contributed by atoms with Crippen LogP contribution in [0.3, 0.4) is 0 Å². The van der Waals surface area contributed by atoms with Gasteiger partial charge < -0.3 is 29.4 Å². The zero-order chi connectivity index (χ0) is 35.4. The Morgan fingerprint density at radius 1 is 1.02 bits per heavy atom. The number of piperidine rings is 3. The smallest absolute Gasteiger partial charge is 0.346 e. The van der Waals surface area contributed by atoms with E-state index in [1.54, 1.807) is 12.1 Å². The molecule has 0 amide bonds. The lowest BCUT2D eigenvalue weighted by Crippen LogP contribution is -2.49. The Hall–Kier alpha value is -3.87. The summed E-state index contributed by atoms with van der Waals surface area (Å²) in [5, 5.41) is 26.1. The summed E-state index contributed by atoms with van der Waals surface area (Å²) >= 11 is 14.2. The van der Waals surface area contributed by atoms with Gasteiger partial charge in [-0.25, -0.2) is 9.59 Å². The van der Waals surface area contributed by atoms with E-state index in [0.717, 1.165) is 54.9 Å². The fraction of sp³-hybridized carbons (Fsp3) is 0.378. The minimum Gasteiger partial charge on any atom is -0.619 e. The third kappa shape index (κ3) is 8.03. The largest absolute Gasteiger partial charge is 0.619 e. The number of esters is 1. The number of aromatic nitrogens is 1. The van der Waals surface area contributed by atoms with E-state index in [1.165, 1.54) is 26.6 Å². The summed E-state index contributed by atoms with van der Waals surface area (Å²) in [6.07, 6.45) is 4.90. The van der Waals surface area contributed by atoms with Crippen molar-refractivity contribution in [2.45, 2.75) is 37.8 Å². The third-order valence-corrected chi connectivity index (χ3v) is 11.5. The number of carboxylic acids is 1. The zero-order valence-corrected chi connectivity index (χ0v) is 30.1. The summed E-state index contributed by atoms with van der Waals surface area (Å²) in [4.78, 5) is 29.7. The predicted octanol–water partition coefficient (Wildman–Crippen LogP) is 6.49. The molecule has 0 aliphatic carbocycles. The molecule has 7 rings (SSSR count). The number of methoxy groups -OCH3 is 2. The summed E-state index contributed by atoms with van der Waals surface area (Å²) < 4.78 is 17.5. The minimum absolute atomic E-state index is 0.129. The molecule has 3 aliphatic rings. The molecule has 2 bridgehead atoms. The van der Waals surface area contributed by atoms with Crippen molar-refractivity contribution >= 4 is 46.5 Å². The number of thiophene rings is 1. The lowest BCUT2D eigenvalue weighted by Gasteiger charge is -2.44. The molecule has 3 atom stereocenters. The zero-order valence-electron chi connectivity index (χ0n) is 27.8. The SMILES string of the molecule is COc1ccc([C@H](Cc2c(Cl)c[n+]([O-])cc2Cl)c2cc(CNC(C(=O)OC[C@H]3CN4CCC3CC4)c3ccccc3)sc2C(=O)O)cc1OC. The number of pyridine rings is 1. The van der Waals surface area contributed by atoms with E-state index in [0.29, 0.717) is 50.7 Å². The van der Waals surface area contributed by atoms with Gasteiger partial charge in [0.25, 0.3) is 0 Å². The highest BCUT2D eigenvalue weighted by molar-refractivity contribution is 7.14. The molecule has 0 saturated carbocycles. The summed E-state index contributed by atoms with van der Waals surface area (Å²) in [7, 11) is 3.06. The number of carboxylic acid groups (broad SMARTS) is 1. The van der Waals surface area contributed by atoms with Crippen LogP contribution in [0, 0.1) is 17.0 Å². The molecule has 3 aliphatic heterocycles. The molecular formula is C37H39Cl2N3O7S. The average Bonchev–Trinajstić information content (AvgIpc) is 3.55. The van der Waals surface area contributed by atoms with E-state index in [1.807, 2.05) is 42.5 Å². The van der Waals surface area contributed by atoms with Crippen LogP contribution < -0.4 is 19.5 Å². The Morgan fingerprint density at radius 2 is 1.72 bits per heavy atom. The van der Waals surface area contributed by atoms with Gasteiger partial charge in [-0.1, -0.05) is 59.6 Å². The monoisotopic (exact) mass is 739 g/mol. The topological polar surface area (TPSA) is 124 Å². The maximum Gasteiger partial charge on any atom is 0.346 e. The van der Waals surface area contributed by atoms with Crippen LogP contribution in [-0.2, 0) is 22.5 Å². The van der Waals surface area contributed by atoms with Crippen molar-refractivity contribution in [2.75, 3.05) is 40.5 Å². The minimum atomic E-state index is -1.10. The lowest BCUT2D eigenvalue weighted by molar-refractivity contribution is -0.605. The van der Waals surface area contributed by atoms with E-state index in [2.05, 4.69) is 10.2 Å². The van der Waals surface area contributed by atoms with Crippen LogP contribution in [0.25, 0.3) is 0 Å².